The fourth-order valence-electron chi connectivity index (χ4n) is 3.43. The summed E-state index contributed by atoms with van der Waals surface area (Å²) in [4.78, 5) is 6.52. The van der Waals surface area contributed by atoms with Gasteiger partial charge in [0, 0.05) is 37.7 Å². The molecule has 3 rings (SSSR count). The highest BCUT2D eigenvalue weighted by molar-refractivity contribution is 5.80. The first kappa shape index (κ1) is 18.6. The van der Waals surface area contributed by atoms with Crippen LogP contribution in [0.2, 0.25) is 0 Å². The fourth-order valence-corrected chi connectivity index (χ4v) is 3.43. The lowest BCUT2D eigenvalue weighted by Gasteiger charge is -2.24. The molecule has 0 aromatic heterocycles. The lowest BCUT2D eigenvalue weighted by Crippen LogP contribution is -2.41. The molecule has 0 radical (unpaired) electrons. The van der Waals surface area contributed by atoms with Crippen LogP contribution in [0, 0.1) is 17.3 Å². The van der Waals surface area contributed by atoms with Gasteiger partial charge in [0.2, 0.25) is 0 Å². The van der Waals surface area contributed by atoms with Crippen LogP contribution in [0.15, 0.2) is 29.3 Å². The molecule has 26 heavy (non-hydrogen) atoms. The van der Waals surface area contributed by atoms with Gasteiger partial charge in [0.25, 0.3) is 0 Å². The smallest absolute Gasteiger partial charge is 0.381 e. The van der Waals surface area contributed by atoms with Crippen LogP contribution in [0.5, 0.6) is 0 Å². The molecule has 2 saturated heterocycles. The van der Waals surface area contributed by atoms with Gasteiger partial charge in [-0.3, -0.25) is 4.99 Å². The quantitative estimate of drug-likeness (QED) is 0.472. The van der Waals surface area contributed by atoms with Crippen molar-refractivity contribution in [1.82, 2.24) is 10.2 Å². The highest BCUT2D eigenvalue weighted by Crippen LogP contribution is 2.38. The Balaban J connectivity index is 1.52. The minimum Gasteiger partial charge on any atom is -0.381 e. The Kier molecular flexibility index (Phi) is 5.42. The summed E-state index contributed by atoms with van der Waals surface area (Å²) in [5.41, 5.74) is 0.141. The first-order chi connectivity index (χ1) is 12.4. The van der Waals surface area contributed by atoms with Crippen LogP contribution in [0.1, 0.15) is 24.0 Å². The van der Waals surface area contributed by atoms with Crippen molar-refractivity contribution < 1.29 is 17.9 Å². The van der Waals surface area contributed by atoms with Crippen molar-refractivity contribution in [3.63, 3.8) is 0 Å². The van der Waals surface area contributed by atoms with E-state index in [1.807, 2.05) is 0 Å². The highest BCUT2D eigenvalue weighted by atomic mass is 19.4. The van der Waals surface area contributed by atoms with E-state index in [4.69, 9.17) is 4.74 Å². The van der Waals surface area contributed by atoms with Gasteiger partial charge in [-0.25, -0.2) is 0 Å². The van der Waals surface area contributed by atoms with Crippen LogP contribution in [-0.2, 0) is 10.9 Å². The molecule has 0 amide bonds. The first-order valence-electron chi connectivity index (χ1n) is 8.61. The van der Waals surface area contributed by atoms with Crippen molar-refractivity contribution >= 4 is 5.96 Å². The van der Waals surface area contributed by atoms with Gasteiger partial charge in [-0.15, -0.1) is 0 Å². The number of nitrogens with zero attached hydrogens (tertiary/aromatic N) is 2. The lowest BCUT2D eigenvalue weighted by atomic mass is 9.87. The summed E-state index contributed by atoms with van der Waals surface area (Å²) in [6, 6.07) is 4.86. The fraction of sp³-hybridized carbons (Fsp3) is 0.526. The van der Waals surface area contributed by atoms with E-state index in [0.29, 0.717) is 12.1 Å². The van der Waals surface area contributed by atoms with Crippen molar-refractivity contribution in [2.24, 2.45) is 10.4 Å². The Labute approximate surface area is 151 Å². The highest BCUT2D eigenvalue weighted by Gasteiger charge is 2.42. The Morgan fingerprint density at radius 1 is 1.31 bits per heavy atom. The van der Waals surface area contributed by atoms with E-state index in [0.717, 1.165) is 57.2 Å². The van der Waals surface area contributed by atoms with Gasteiger partial charge in [0.05, 0.1) is 18.7 Å². The molecule has 4 nitrogen and oxygen atoms in total. The molecular weight excluding hydrogens is 343 g/mol. The van der Waals surface area contributed by atoms with Crippen molar-refractivity contribution in [2.75, 3.05) is 39.9 Å². The summed E-state index contributed by atoms with van der Waals surface area (Å²) in [6.07, 6.45) is -2.13. The minimum atomic E-state index is -4.32. The third-order valence-electron chi connectivity index (χ3n) is 4.91. The first-order valence-corrected chi connectivity index (χ1v) is 8.61. The van der Waals surface area contributed by atoms with Gasteiger partial charge in [-0.2, -0.15) is 13.2 Å². The molecule has 1 unspecified atom stereocenters. The van der Waals surface area contributed by atoms with Crippen molar-refractivity contribution in [3.05, 3.63) is 35.4 Å². The zero-order chi connectivity index (χ0) is 18.6. The summed E-state index contributed by atoms with van der Waals surface area (Å²) in [5.74, 6) is 6.60. The van der Waals surface area contributed by atoms with Crippen LogP contribution in [0.3, 0.4) is 0 Å². The Morgan fingerprint density at radius 3 is 2.69 bits per heavy atom. The maximum absolute atomic E-state index is 12.5. The molecule has 7 heteroatoms. The molecule has 2 heterocycles. The third kappa shape index (κ3) is 4.31. The predicted octanol–water partition coefficient (Wildman–Crippen LogP) is 2.74. The second-order valence-electron chi connectivity index (χ2n) is 6.75. The lowest BCUT2D eigenvalue weighted by molar-refractivity contribution is -0.137. The molecular formula is C19H22F3N3O. The van der Waals surface area contributed by atoms with Crippen LogP contribution in [0.4, 0.5) is 13.2 Å². The zero-order valence-electron chi connectivity index (χ0n) is 14.7. The molecule has 140 valence electrons. The number of alkyl halides is 3. The van der Waals surface area contributed by atoms with Crippen molar-refractivity contribution in [1.29, 1.82) is 0 Å². The summed E-state index contributed by atoms with van der Waals surface area (Å²) in [7, 11) is 1.74. The molecule has 1 atom stereocenters. The topological polar surface area (TPSA) is 36.9 Å². The number of likely N-dealkylation sites (tertiary alicyclic amines) is 1. The zero-order valence-corrected chi connectivity index (χ0v) is 14.7. The van der Waals surface area contributed by atoms with E-state index in [1.54, 1.807) is 7.05 Å². The van der Waals surface area contributed by atoms with Crippen LogP contribution in [0.25, 0.3) is 0 Å². The maximum Gasteiger partial charge on any atom is 0.416 e. The molecule has 0 bridgehead atoms. The number of nitrogens with one attached hydrogen (secondary N) is 1. The molecule has 0 saturated carbocycles. The Bertz CT molecular complexity index is 710. The number of guanidine groups is 1. The Morgan fingerprint density at radius 2 is 2.08 bits per heavy atom. The number of hydrogen-bond donors (Lipinski definition) is 1. The molecule has 1 N–H and O–H groups in total. The van der Waals surface area contributed by atoms with E-state index in [1.165, 1.54) is 12.1 Å². The Hall–Kier alpha value is -2.20. The predicted molar refractivity (Wildman–Crippen MR) is 93.7 cm³/mol. The molecule has 2 aliphatic heterocycles. The van der Waals surface area contributed by atoms with Crippen LogP contribution in [-0.4, -0.2) is 50.8 Å². The second-order valence-corrected chi connectivity index (χ2v) is 6.75. The van der Waals surface area contributed by atoms with Crippen LogP contribution < -0.4 is 5.32 Å². The monoisotopic (exact) mass is 365 g/mol. The SMILES string of the molecule is CN=C(NCC#Cc1ccc(C(F)(F)F)cc1)N1CCC2(CCOC2)C1. The number of benzene rings is 1. The normalized spacial score (nSPS) is 23.2. The van der Waals surface area contributed by atoms with Crippen LogP contribution >= 0.6 is 0 Å². The van der Waals surface area contributed by atoms with Crippen molar-refractivity contribution in [3.8, 4) is 11.8 Å². The van der Waals surface area contributed by atoms with Gasteiger partial charge < -0.3 is 15.0 Å². The van der Waals surface area contributed by atoms with E-state index in [9.17, 15) is 13.2 Å². The molecule has 1 aromatic rings. The van der Waals surface area contributed by atoms with E-state index in [2.05, 4.69) is 27.0 Å². The molecule has 1 aromatic carbocycles. The van der Waals surface area contributed by atoms with Gasteiger partial charge >= 0.3 is 6.18 Å². The summed E-state index contributed by atoms with van der Waals surface area (Å²) < 4.78 is 43.2. The van der Waals surface area contributed by atoms with E-state index >= 15 is 0 Å². The molecule has 1 spiro atoms. The van der Waals surface area contributed by atoms with Gasteiger partial charge in [-0.1, -0.05) is 11.8 Å². The maximum atomic E-state index is 12.5. The largest absolute Gasteiger partial charge is 0.416 e. The average Bonchev–Trinajstić information content (AvgIpc) is 3.25. The number of rotatable bonds is 1. The third-order valence-corrected chi connectivity index (χ3v) is 4.91. The summed E-state index contributed by atoms with van der Waals surface area (Å²) in [6.45, 7) is 3.90. The molecule has 2 fully saturated rings. The molecule has 2 aliphatic rings. The summed E-state index contributed by atoms with van der Waals surface area (Å²) >= 11 is 0. The number of hydrogen-bond acceptors (Lipinski definition) is 2. The summed E-state index contributed by atoms with van der Waals surface area (Å²) in [5, 5.41) is 3.21. The van der Waals surface area contributed by atoms with Crippen molar-refractivity contribution in [2.45, 2.75) is 19.0 Å². The van der Waals surface area contributed by atoms with Gasteiger partial charge in [-0.05, 0) is 37.1 Å². The number of ether oxygens (including phenoxy) is 1. The van der Waals surface area contributed by atoms with Gasteiger partial charge in [0.1, 0.15) is 0 Å². The number of aliphatic imine (C=N–C) groups is 1. The van der Waals surface area contributed by atoms with Gasteiger partial charge in [0.15, 0.2) is 5.96 Å². The number of halogens is 3. The standard InChI is InChI=1S/C19H22F3N3O/c1-23-17(25-11-8-18(13-25)9-12-26-14-18)24-10-2-3-15-4-6-16(7-5-15)19(20,21)22/h4-7H,8-14H2,1H3,(H,23,24). The second kappa shape index (κ2) is 7.58. The van der Waals surface area contributed by atoms with E-state index < -0.39 is 11.7 Å². The minimum absolute atomic E-state index is 0.253. The average molecular weight is 365 g/mol. The van der Waals surface area contributed by atoms with E-state index in [-0.39, 0.29) is 5.41 Å². The molecule has 0 aliphatic carbocycles.